The lowest BCUT2D eigenvalue weighted by atomic mass is 9.97. The number of aryl methyl sites for hydroxylation is 1. The van der Waals surface area contributed by atoms with Crippen molar-refractivity contribution >= 4 is 17.5 Å². The van der Waals surface area contributed by atoms with Crippen LogP contribution in [0.1, 0.15) is 56.1 Å². The maximum absolute atomic E-state index is 11.9. The standard InChI is InChI=1S/C16H22ClNO/c1-2-3-4-9-18-16(19)10-13-6-5-12-7-8-14(17)11-15(12)13/h7-8,11,13H,2-6,9-10H2,1H3,(H,18,19). The van der Waals surface area contributed by atoms with E-state index in [9.17, 15) is 4.79 Å². The molecule has 0 fully saturated rings. The van der Waals surface area contributed by atoms with E-state index in [1.807, 2.05) is 12.1 Å². The minimum atomic E-state index is 0.175. The number of carbonyl (C=O) groups excluding carboxylic acids is 1. The van der Waals surface area contributed by atoms with E-state index in [-0.39, 0.29) is 5.91 Å². The van der Waals surface area contributed by atoms with E-state index >= 15 is 0 Å². The third kappa shape index (κ3) is 3.97. The highest BCUT2D eigenvalue weighted by molar-refractivity contribution is 6.30. The molecule has 19 heavy (non-hydrogen) atoms. The Kier molecular flexibility index (Phi) is 5.26. The van der Waals surface area contributed by atoms with Crippen LogP contribution in [-0.4, -0.2) is 12.5 Å². The van der Waals surface area contributed by atoms with Crippen molar-refractivity contribution in [2.75, 3.05) is 6.54 Å². The minimum absolute atomic E-state index is 0.175. The van der Waals surface area contributed by atoms with Gasteiger partial charge in [-0.1, -0.05) is 37.4 Å². The van der Waals surface area contributed by atoms with E-state index in [0.29, 0.717) is 12.3 Å². The van der Waals surface area contributed by atoms with Crippen LogP contribution in [0.25, 0.3) is 0 Å². The summed E-state index contributed by atoms with van der Waals surface area (Å²) in [6.45, 7) is 2.98. The zero-order valence-electron chi connectivity index (χ0n) is 11.5. The summed E-state index contributed by atoms with van der Waals surface area (Å²) in [5.74, 6) is 0.522. The molecule has 1 aromatic carbocycles. The van der Waals surface area contributed by atoms with Gasteiger partial charge in [0.25, 0.3) is 0 Å². The van der Waals surface area contributed by atoms with Gasteiger partial charge in [0.1, 0.15) is 0 Å². The van der Waals surface area contributed by atoms with Gasteiger partial charge in [-0.2, -0.15) is 0 Å². The van der Waals surface area contributed by atoms with Gasteiger partial charge in [0.2, 0.25) is 5.91 Å². The van der Waals surface area contributed by atoms with E-state index in [4.69, 9.17) is 11.6 Å². The Hall–Kier alpha value is -1.02. The van der Waals surface area contributed by atoms with E-state index in [2.05, 4.69) is 18.3 Å². The molecule has 0 saturated carbocycles. The van der Waals surface area contributed by atoms with Crippen molar-refractivity contribution in [3.05, 3.63) is 34.3 Å². The van der Waals surface area contributed by atoms with Gasteiger partial charge in [0.05, 0.1) is 0 Å². The highest BCUT2D eigenvalue weighted by Crippen LogP contribution is 2.36. The Morgan fingerprint density at radius 3 is 3.05 bits per heavy atom. The second kappa shape index (κ2) is 6.95. The topological polar surface area (TPSA) is 29.1 Å². The first-order valence-corrected chi connectivity index (χ1v) is 7.63. The summed E-state index contributed by atoms with van der Waals surface area (Å²) >= 11 is 6.04. The third-order valence-corrected chi connectivity index (χ3v) is 4.08. The van der Waals surface area contributed by atoms with Gasteiger partial charge in [-0.05, 0) is 48.4 Å². The van der Waals surface area contributed by atoms with Crippen LogP contribution in [0.5, 0.6) is 0 Å². The maximum Gasteiger partial charge on any atom is 0.220 e. The van der Waals surface area contributed by atoms with Crippen LogP contribution >= 0.6 is 11.6 Å². The Bertz CT molecular complexity index is 444. The highest BCUT2D eigenvalue weighted by atomic mass is 35.5. The Labute approximate surface area is 120 Å². The quantitative estimate of drug-likeness (QED) is 0.782. The van der Waals surface area contributed by atoms with Crippen molar-refractivity contribution in [1.82, 2.24) is 5.32 Å². The van der Waals surface area contributed by atoms with E-state index in [0.717, 1.165) is 30.8 Å². The fraction of sp³-hybridized carbons (Fsp3) is 0.562. The largest absolute Gasteiger partial charge is 0.356 e. The summed E-state index contributed by atoms with van der Waals surface area (Å²) in [5.41, 5.74) is 2.63. The number of unbranched alkanes of at least 4 members (excludes halogenated alkanes) is 2. The molecule has 1 atom stereocenters. The van der Waals surface area contributed by atoms with Crippen molar-refractivity contribution in [1.29, 1.82) is 0 Å². The first-order valence-electron chi connectivity index (χ1n) is 7.25. The molecule has 0 heterocycles. The summed E-state index contributed by atoms with van der Waals surface area (Å²) in [6.07, 6.45) is 6.18. The molecule has 0 radical (unpaired) electrons. The lowest BCUT2D eigenvalue weighted by Crippen LogP contribution is -2.25. The average molecular weight is 280 g/mol. The molecule has 1 amide bonds. The molecule has 1 aliphatic carbocycles. The molecule has 0 saturated heterocycles. The molecule has 0 spiro atoms. The minimum Gasteiger partial charge on any atom is -0.356 e. The van der Waals surface area contributed by atoms with Crippen molar-refractivity contribution in [3.8, 4) is 0 Å². The number of rotatable bonds is 6. The predicted octanol–water partition coefficient (Wildman–Crippen LogP) is 4.07. The molecule has 1 N–H and O–H groups in total. The number of hydrogen-bond acceptors (Lipinski definition) is 1. The normalized spacial score (nSPS) is 17.3. The van der Waals surface area contributed by atoms with Crippen LogP contribution < -0.4 is 5.32 Å². The second-order valence-electron chi connectivity index (χ2n) is 5.34. The van der Waals surface area contributed by atoms with E-state index in [1.54, 1.807) is 0 Å². The molecule has 3 heteroatoms. The lowest BCUT2D eigenvalue weighted by Gasteiger charge is -2.12. The van der Waals surface area contributed by atoms with Crippen LogP contribution in [0.15, 0.2) is 18.2 Å². The number of carbonyl (C=O) groups is 1. The molecule has 104 valence electrons. The SMILES string of the molecule is CCCCCNC(=O)CC1CCc2ccc(Cl)cc21. The molecule has 0 aromatic heterocycles. The van der Waals surface area contributed by atoms with Crippen molar-refractivity contribution < 1.29 is 4.79 Å². The summed E-state index contributed by atoms with van der Waals surface area (Å²) < 4.78 is 0. The molecular weight excluding hydrogens is 258 g/mol. The molecule has 1 aliphatic rings. The van der Waals surface area contributed by atoms with Gasteiger partial charge >= 0.3 is 0 Å². The van der Waals surface area contributed by atoms with Gasteiger partial charge < -0.3 is 5.32 Å². The van der Waals surface area contributed by atoms with Crippen LogP contribution in [-0.2, 0) is 11.2 Å². The Morgan fingerprint density at radius 1 is 1.42 bits per heavy atom. The first kappa shape index (κ1) is 14.4. The molecule has 0 bridgehead atoms. The molecule has 1 aromatic rings. The second-order valence-corrected chi connectivity index (χ2v) is 5.78. The number of fused-ring (bicyclic) bond motifs is 1. The number of hydrogen-bond donors (Lipinski definition) is 1. The number of nitrogens with one attached hydrogen (secondary N) is 1. The average Bonchev–Trinajstić information content (AvgIpc) is 2.77. The first-order chi connectivity index (χ1) is 9.20. The Morgan fingerprint density at radius 2 is 2.26 bits per heavy atom. The molecule has 2 nitrogen and oxygen atoms in total. The fourth-order valence-electron chi connectivity index (χ4n) is 2.77. The molecule has 2 rings (SSSR count). The van der Waals surface area contributed by atoms with Gasteiger partial charge in [-0.25, -0.2) is 0 Å². The Balaban J connectivity index is 1.85. The monoisotopic (exact) mass is 279 g/mol. The number of amides is 1. The lowest BCUT2D eigenvalue weighted by molar-refractivity contribution is -0.121. The predicted molar refractivity (Wildman–Crippen MR) is 79.7 cm³/mol. The van der Waals surface area contributed by atoms with Crippen molar-refractivity contribution in [2.45, 2.75) is 51.4 Å². The molecular formula is C16H22ClNO. The van der Waals surface area contributed by atoms with E-state index in [1.165, 1.54) is 24.0 Å². The number of benzene rings is 1. The van der Waals surface area contributed by atoms with Gasteiger partial charge in [0, 0.05) is 18.0 Å². The van der Waals surface area contributed by atoms with Crippen LogP contribution in [0.2, 0.25) is 5.02 Å². The zero-order valence-corrected chi connectivity index (χ0v) is 12.3. The summed E-state index contributed by atoms with van der Waals surface area (Å²) in [7, 11) is 0. The summed E-state index contributed by atoms with van der Waals surface area (Å²) in [6, 6.07) is 6.06. The van der Waals surface area contributed by atoms with Gasteiger partial charge in [-0.15, -0.1) is 0 Å². The third-order valence-electron chi connectivity index (χ3n) is 3.84. The van der Waals surface area contributed by atoms with Crippen LogP contribution in [0, 0.1) is 0 Å². The summed E-state index contributed by atoms with van der Waals surface area (Å²) in [4.78, 5) is 11.9. The highest BCUT2D eigenvalue weighted by Gasteiger charge is 2.24. The van der Waals surface area contributed by atoms with Crippen LogP contribution in [0.4, 0.5) is 0 Å². The van der Waals surface area contributed by atoms with Gasteiger partial charge in [0.15, 0.2) is 0 Å². The van der Waals surface area contributed by atoms with Crippen molar-refractivity contribution in [3.63, 3.8) is 0 Å². The fourth-order valence-corrected chi connectivity index (χ4v) is 2.95. The van der Waals surface area contributed by atoms with Crippen LogP contribution in [0.3, 0.4) is 0 Å². The zero-order chi connectivity index (χ0) is 13.7. The molecule has 1 unspecified atom stereocenters. The molecule has 0 aliphatic heterocycles. The van der Waals surface area contributed by atoms with Gasteiger partial charge in [-0.3, -0.25) is 4.79 Å². The number of halogens is 1. The van der Waals surface area contributed by atoms with Crippen molar-refractivity contribution in [2.24, 2.45) is 0 Å². The smallest absolute Gasteiger partial charge is 0.220 e. The maximum atomic E-state index is 11.9. The van der Waals surface area contributed by atoms with E-state index < -0.39 is 0 Å². The summed E-state index contributed by atoms with van der Waals surface area (Å²) in [5, 5.41) is 3.79.